The van der Waals surface area contributed by atoms with E-state index in [0.29, 0.717) is 35.5 Å². The highest BCUT2D eigenvalue weighted by molar-refractivity contribution is 5.14. The fourth-order valence-corrected chi connectivity index (χ4v) is 9.18. The highest BCUT2D eigenvalue weighted by Gasteiger charge is 2.65. The van der Waals surface area contributed by atoms with Crippen molar-refractivity contribution in [2.24, 2.45) is 52.3 Å². The van der Waals surface area contributed by atoms with Gasteiger partial charge in [-0.25, -0.2) is 0 Å². The van der Waals surface area contributed by atoms with E-state index in [0.717, 1.165) is 38.0 Å². The van der Waals surface area contributed by atoms with Crippen molar-refractivity contribution in [2.75, 3.05) is 0 Å². The van der Waals surface area contributed by atoms with Crippen LogP contribution < -0.4 is 0 Å². The van der Waals surface area contributed by atoms with E-state index < -0.39 is 0 Å². The minimum Gasteiger partial charge on any atom is -0.393 e. The van der Waals surface area contributed by atoms with Crippen LogP contribution in [0.3, 0.4) is 0 Å². The third kappa shape index (κ3) is 3.59. The Balaban J connectivity index is 1.56. The Labute approximate surface area is 185 Å². The van der Waals surface area contributed by atoms with Crippen LogP contribution >= 0.6 is 0 Å². The maximum atomic E-state index is 11.6. The van der Waals surface area contributed by atoms with Crippen molar-refractivity contribution in [1.29, 1.82) is 0 Å². The summed E-state index contributed by atoms with van der Waals surface area (Å²) in [6.45, 7) is 11.8. The largest absolute Gasteiger partial charge is 0.393 e. The summed E-state index contributed by atoms with van der Waals surface area (Å²) in [7, 11) is 0. The van der Waals surface area contributed by atoms with Gasteiger partial charge in [0.25, 0.3) is 0 Å². The summed E-state index contributed by atoms with van der Waals surface area (Å²) in [5.41, 5.74) is 0.128. The molecule has 11 unspecified atom stereocenters. The Kier molecular flexibility index (Phi) is 6.41. The molecule has 0 aromatic heterocycles. The molecule has 3 nitrogen and oxygen atoms in total. The molecular formula is C27H48O3. The van der Waals surface area contributed by atoms with Gasteiger partial charge in [-0.2, -0.15) is 0 Å². The van der Waals surface area contributed by atoms with Crippen LogP contribution in [0.25, 0.3) is 0 Å². The molecule has 0 aromatic rings. The lowest BCUT2D eigenvalue weighted by molar-refractivity contribution is -0.207. The third-order valence-corrected chi connectivity index (χ3v) is 11.0. The quantitative estimate of drug-likeness (QED) is 0.557. The minimum atomic E-state index is -0.259. The highest BCUT2D eigenvalue weighted by Crippen LogP contribution is 2.68. The van der Waals surface area contributed by atoms with Crippen LogP contribution in [0.15, 0.2) is 0 Å². The molecule has 0 radical (unpaired) electrons. The molecule has 0 heterocycles. The Morgan fingerprint density at radius 3 is 2.30 bits per heavy atom. The maximum absolute atomic E-state index is 11.6. The molecule has 0 spiro atoms. The fourth-order valence-electron chi connectivity index (χ4n) is 9.18. The van der Waals surface area contributed by atoms with Crippen LogP contribution in [0.5, 0.6) is 0 Å². The van der Waals surface area contributed by atoms with Crippen LogP contribution in [-0.2, 0) is 0 Å². The zero-order valence-corrected chi connectivity index (χ0v) is 20.2. The predicted molar refractivity (Wildman–Crippen MR) is 122 cm³/mol. The smallest absolute Gasteiger partial charge is 0.0602 e. The molecule has 0 aromatic carbocycles. The first-order valence-corrected chi connectivity index (χ1v) is 13.1. The Hall–Kier alpha value is -0.120. The molecule has 0 bridgehead atoms. The van der Waals surface area contributed by atoms with E-state index in [4.69, 9.17) is 0 Å². The summed E-state index contributed by atoms with van der Waals surface area (Å²) >= 11 is 0. The number of hydrogen-bond acceptors (Lipinski definition) is 3. The minimum absolute atomic E-state index is 0.0449. The van der Waals surface area contributed by atoms with Crippen LogP contribution in [0.4, 0.5) is 0 Å². The Morgan fingerprint density at radius 2 is 1.60 bits per heavy atom. The maximum Gasteiger partial charge on any atom is 0.0602 e. The van der Waals surface area contributed by atoms with Gasteiger partial charge in [0.05, 0.1) is 18.3 Å². The second-order valence-corrected chi connectivity index (χ2v) is 12.8. The normalized spacial score (nSPS) is 51.9. The standard InChI is InChI=1S/C27H48O3/c1-16(2)7-6-8-17(3)20-9-10-21-25-22(15-24(30)27(20,21)5)26(4)12-11-19(28)13-18(26)14-23(25)29/h16-25,28-30H,6-15H2,1-5H3. The second kappa shape index (κ2) is 8.34. The van der Waals surface area contributed by atoms with Crippen molar-refractivity contribution in [3.05, 3.63) is 0 Å². The SMILES string of the molecule is CC(C)CCCC(C)C1CCC2C3C(O)CC4CC(O)CCC4(C)C3CC(O)C12C. The van der Waals surface area contributed by atoms with Crippen molar-refractivity contribution in [1.82, 2.24) is 0 Å². The molecule has 4 rings (SSSR count). The van der Waals surface area contributed by atoms with Gasteiger partial charge in [-0.05, 0) is 97.2 Å². The molecule has 4 saturated carbocycles. The van der Waals surface area contributed by atoms with Gasteiger partial charge in [0.1, 0.15) is 0 Å². The van der Waals surface area contributed by atoms with Crippen LogP contribution in [0.2, 0.25) is 0 Å². The van der Waals surface area contributed by atoms with Crippen LogP contribution in [0, 0.1) is 52.3 Å². The summed E-state index contributed by atoms with van der Waals surface area (Å²) in [4.78, 5) is 0. The first-order valence-electron chi connectivity index (χ1n) is 13.1. The zero-order chi connectivity index (χ0) is 21.8. The first kappa shape index (κ1) is 23.1. The lowest BCUT2D eigenvalue weighted by Crippen LogP contribution is -2.62. The van der Waals surface area contributed by atoms with E-state index in [1.54, 1.807) is 0 Å². The van der Waals surface area contributed by atoms with E-state index in [-0.39, 0.29) is 29.1 Å². The zero-order valence-electron chi connectivity index (χ0n) is 20.2. The molecule has 4 fully saturated rings. The molecule has 30 heavy (non-hydrogen) atoms. The molecule has 3 N–H and O–H groups in total. The molecule has 174 valence electrons. The Bertz CT molecular complexity index is 605. The summed E-state index contributed by atoms with van der Waals surface area (Å²) < 4.78 is 0. The van der Waals surface area contributed by atoms with Crippen molar-refractivity contribution in [3.8, 4) is 0 Å². The second-order valence-electron chi connectivity index (χ2n) is 12.8. The first-order chi connectivity index (χ1) is 14.1. The van der Waals surface area contributed by atoms with Crippen molar-refractivity contribution >= 4 is 0 Å². The van der Waals surface area contributed by atoms with Gasteiger partial charge in [0.15, 0.2) is 0 Å². The molecule has 3 heteroatoms. The third-order valence-electron chi connectivity index (χ3n) is 11.0. The average Bonchev–Trinajstić information content (AvgIpc) is 3.02. The molecular weight excluding hydrogens is 372 g/mol. The molecule has 0 amide bonds. The van der Waals surface area contributed by atoms with Crippen molar-refractivity contribution in [2.45, 2.75) is 117 Å². The summed E-state index contributed by atoms with van der Waals surface area (Å²) in [5, 5.41) is 33.2. The topological polar surface area (TPSA) is 60.7 Å². The van der Waals surface area contributed by atoms with Gasteiger partial charge in [-0.3, -0.25) is 0 Å². The van der Waals surface area contributed by atoms with E-state index in [9.17, 15) is 15.3 Å². The summed E-state index contributed by atoms with van der Waals surface area (Å²) in [6.07, 6.45) is 10.0. The number of aliphatic hydroxyl groups excluding tert-OH is 3. The number of fused-ring (bicyclic) bond motifs is 5. The lowest BCUT2D eigenvalue weighted by Gasteiger charge is -2.63. The Morgan fingerprint density at radius 1 is 0.867 bits per heavy atom. The van der Waals surface area contributed by atoms with Crippen molar-refractivity contribution in [3.63, 3.8) is 0 Å². The van der Waals surface area contributed by atoms with Gasteiger partial charge < -0.3 is 15.3 Å². The van der Waals surface area contributed by atoms with E-state index in [1.165, 1.54) is 32.1 Å². The fraction of sp³-hybridized carbons (Fsp3) is 1.00. The highest BCUT2D eigenvalue weighted by atomic mass is 16.3. The lowest BCUT2D eigenvalue weighted by atomic mass is 9.43. The van der Waals surface area contributed by atoms with Crippen LogP contribution in [0.1, 0.15) is 98.8 Å². The molecule has 0 aliphatic heterocycles. The van der Waals surface area contributed by atoms with Gasteiger partial charge in [0.2, 0.25) is 0 Å². The molecule has 11 atom stereocenters. The summed E-state index contributed by atoms with van der Waals surface area (Å²) in [5.74, 6) is 3.59. The predicted octanol–water partition coefficient (Wildman–Crippen LogP) is 5.41. The van der Waals surface area contributed by atoms with E-state index in [2.05, 4.69) is 34.6 Å². The van der Waals surface area contributed by atoms with Crippen LogP contribution in [-0.4, -0.2) is 33.6 Å². The number of hydrogen-bond donors (Lipinski definition) is 3. The van der Waals surface area contributed by atoms with E-state index >= 15 is 0 Å². The monoisotopic (exact) mass is 420 g/mol. The van der Waals surface area contributed by atoms with Gasteiger partial charge >= 0.3 is 0 Å². The number of aliphatic hydroxyl groups is 3. The van der Waals surface area contributed by atoms with Gasteiger partial charge in [-0.15, -0.1) is 0 Å². The molecule has 0 saturated heterocycles. The van der Waals surface area contributed by atoms with Gasteiger partial charge in [-0.1, -0.05) is 53.9 Å². The van der Waals surface area contributed by atoms with Gasteiger partial charge in [0, 0.05) is 0 Å². The molecule has 4 aliphatic rings. The average molecular weight is 421 g/mol. The van der Waals surface area contributed by atoms with Crippen molar-refractivity contribution < 1.29 is 15.3 Å². The number of rotatable bonds is 5. The summed E-state index contributed by atoms with van der Waals surface area (Å²) in [6, 6.07) is 0. The molecule has 4 aliphatic carbocycles. The van der Waals surface area contributed by atoms with E-state index in [1.807, 2.05) is 0 Å².